The lowest BCUT2D eigenvalue weighted by Gasteiger charge is -2.19. The van der Waals surface area contributed by atoms with Gasteiger partial charge in [0.05, 0.1) is 6.61 Å². The Bertz CT molecular complexity index is 577. The highest BCUT2D eigenvalue weighted by Crippen LogP contribution is 2.19. The fourth-order valence-electron chi connectivity index (χ4n) is 2.04. The fraction of sp³-hybridized carbons (Fsp3) is 0.357. The summed E-state index contributed by atoms with van der Waals surface area (Å²) in [5.74, 6) is -0.0191. The summed E-state index contributed by atoms with van der Waals surface area (Å²) < 4.78 is 5.01. The summed E-state index contributed by atoms with van der Waals surface area (Å²) in [6.45, 7) is 3.73. The monoisotopic (exact) mass is 261 g/mol. The van der Waals surface area contributed by atoms with Crippen LogP contribution in [0.5, 0.6) is 0 Å². The first kappa shape index (κ1) is 13.4. The van der Waals surface area contributed by atoms with Crippen LogP contribution in [0.4, 0.5) is 5.69 Å². The lowest BCUT2D eigenvalue weighted by molar-refractivity contribution is 0.0701. The number of ether oxygens (including phenoxy) is 1. The minimum Gasteiger partial charge on any atom is -0.399 e. The van der Waals surface area contributed by atoms with E-state index in [1.54, 1.807) is 12.0 Å². The van der Waals surface area contributed by atoms with E-state index in [0.717, 1.165) is 10.9 Å². The molecule has 0 aliphatic heterocycles. The number of methoxy groups -OCH3 is 1. The largest absolute Gasteiger partial charge is 0.399 e. The standard InChI is InChI=1S/C14H19N3O2/c1-3-17(6-7-19-2)14(18)13-9-10-8-11(15)4-5-12(10)16-13/h4-5,8-9,16H,3,6-7,15H2,1-2H3. The highest BCUT2D eigenvalue weighted by atomic mass is 16.5. The topological polar surface area (TPSA) is 71.3 Å². The Morgan fingerprint density at radius 1 is 1.42 bits per heavy atom. The highest BCUT2D eigenvalue weighted by Gasteiger charge is 2.16. The molecule has 0 spiro atoms. The average Bonchev–Trinajstić information content (AvgIpc) is 2.82. The molecule has 19 heavy (non-hydrogen) atoms. The van der Waals surface area contributed by atoms with Gasteiger partial charge in [-0.2, -0.15) is 0 Å². The zero-order valence-corrected chi connectivity index (χ0v) is 11.3. The Labute approximate surface area is 112 Å². The molecule has 2 aromatic rings. The van der Waals surface area contributed by atoms with E-state index in [-0.39, 0.29) is 5.91 Å². The number of carbonyl (C=O) groups is 1. The zero-order valence-electron chi connectivity index (χ0n) is 11.3. The van der Waals surface area contributed by atoms with Crippen LogP contribution >= 0.6 is 0 Å². The van der Waals surface area contributed by atoms with E-state index < -0.39 is 0 Å². The Kier molecular flexibility index (Phi) is 4.06. The van der Waals surface area contributed by atoms with Crippen LogP contribution < -0.4 is 5.73 Å². The van der Waals surface area contributed by atoms with Gasteiger partial charge in [0, 0.05) is 36.8 Å². The fourth-order valence-corrected chi connectivity index (χ4v) is 2.04. The number of anilines is 1. The van der Waals surface area contributed by atoms with Crippen LogP contribution in [0.1, 0.15) is 17.4 Å². The minimum atomic E-state index is -0.0191. The van der Waals surface area contributed by atoms with E-state index in [1.807, 2.05) is 31.2 Å². The van der Waals surface area contributed by atoms with Gasteiger partial charge in [0.15, 0.2) is 0 Å². The van der Waals surface area contributed by atoms with Gasteiger partial charge in [-0.15, -0.1) is 0 Å². The molecule has 5 heteroatoms. The number of likely N-dealkylation sites (N-methyl/N-ethyl adjacent to an activating group) is 1. The molecule has 0 saturated heterocycles. The van der Waals surface area contributed by atoms with Crippen LogP contribution in [-0.4, -0.2) is 42.6 Å². The van der Waals surface area contributed by atoms with Crippen molar-refractivity contribution < 1.29 is 9.53 Å². The molecule has 1 aromatic carbocycles. The summed E-state index contributed by atoms with van der Waals surface area (Å²) in [5.41, 5.74) is 7.93. The van der Waals surface area contributed by atoms with Crippen molar-refractivity contribution >= 4 is 22.5 Å². The molecule has 0 atom stereocenters. The molecule has 1 aromatic heterocycles. The summed E-state index contributed by atoms with van der Waals surface area (Å²) in [7, 11) is 1.63. The Morgan fingerprint density at radius 2 is 2.21 bits per heavy atom. The SMILES string of the molecule is CCN(CCOC)C(=O)c1cc2cc(N)ccc2[nH]1. The van der Waals surface area contributed by atoms with Crippen molar-refractivity contribution in [3.8, 4) is 0 Å². The Hall–Kier alpha value is -2.01. The van der Waals surface area contributed by atoms with Crippen molar-refractivity contribution in [1.82, 2.24) is 9.88 Å². The number of nitrogens with zero attached hydrogens (tertiary/aromatic N) is 1. The smallest absolute Gasteiger partial charge is 0.270 e. The van der Waals surface area contributed by atoms with E-state index >= 15 is 0 Å². The molecule has 1 amide bonds. The molecular weight excluding hydrogens is 242 g/mol. The van der Waals surface area contributed by atoms with Gasteiger partial charge in [0.1, 0.15) is 5.69 Å². The molecule has 5 nitrogen and oxygen atoms in total. The predicted molar refractivity (Wildman–Crippen MR) is 76.2 cm³/mol. The number of nitrogens with two attached hydrogens (primary N) is 1. The first-order chi connectivity index (χ1) is 9.15. The van der Waals surface area contributed by atoms with E-state index in [2.05, 4.69) is 4.98 Å². The van der Waals surface area contributed by atoms with Crippen molar-refractivity contribution in [3.05, 3.63) is 30.0 Å². The Balaban J connectivity index is 2.24. The normalized spacial score (nSPS) is 10.8. The van der Waals surface area contributed by atoms with Crippen LogP contribution in [0.3, 0.4) is 0 Å². The van der Waals surface area contributed by atoms with Gasteiger partial charge in [-0.05, 0) is 31.2 Å². The van der Waals surface area contributed by atoms with E-state index in [4.69, 9.17) is 10.5 Å². The summed E-state index contributed by atoms with van der Waals surface area (Å²) >= 11 is 0. The lowest BCUT2D eigenvalue weighted by Crippen LogP contribution is -2.33. The molecule has 0 aliphatic rings. The van der Waals surface area contributed by atoms with E-state index in [9.17, 15) is 4.79 Å². The van der Waals surface area contributed by atoms with Crippen LogP contribution in [0.25, 0.3) is 10.9 Å². The van der Waals surface area contributed by atoms with Crippen LogP contribution in [0.2, 0.25) is 0 Å². The molecule has 0 aliphatic carbocycles. The van der Waals surface area contributed by atoms with E-state index in [1.165, 1.54) is 0 Å². The minimum absolute atomic E-state index is 0.0191. The second-order valence-corrected chi connectivity index (χ2v) is 4.41. The zero-order chi connectivity index (χ0) is 13.8. The number of nitrogen functional groups attached to an aromatic ring is 1. The molecule has 0 radical (unpaired) electrons. The number of carbonyl (C=O) groups excluding carboxylic acids is 1. The molecule has 0 unspecified atom stereocenters. The number of fused-ring (bicyclic) bond motifs is 1. The third-order valence-corrected chi connectivity index (χ3v) is 3.11. The van der Waals surface area contributed by atoms with Gasteiger partial charge in [-0.1, -0.05) is 0 Å². The summed E-state index contributed by atoms with van der Waals surface area (Å²) in [4.78, 5) is 17.2. The molecule has 102 valence electrons. The van der Waals surface area contributed by atoms with Gasteiger partial charge in [0.2, 0.25) is 0 Å². The first-order valence-corrected chi connectivity index (χ1v) is 6.32. The molecule has 2 rings (SSSR count). The van der Waals surface area contributed by atoms with Gasteiger partial charge >= 0.3 is 0 Å². The van der Waals surface area contributed by atoms with Crippen molar-refractivity contribution in [3.63, 3.8) is 0 Å². The second kappa shape index (κ2) is 5.75. The van der Waals surface area contributed by atoms with Crippen molar-refractivity contribution in [2.24, 2.45) is 0 Å². The van der Waals surface area contributed by atoms with E-state index in [0.29, 0.717) is 31.1 Å². The summed E-state index contributed by atoms with van der Waals surface area (Å²) in [6, 6.07) is 7.39. The molecule has 1 heterocycles. The van der Waals surface area contributed by atoms with Gasteiger partial charge in [0.25, 0.3) is 5.91 Å². The number of amides is 1. The van der Waals surface area contributed by atoms with Gasteiger partial charge in [-0.25, -0.2) is 0 Å². The van der Waals surface area contributed by atoms with Gasteiger partial charge < -0.3 is 20.4 Å². The number of hydrogen-bond donors (Lipinski definition) is 2. The summed E-state index contributed by atoms with van der Waals surface area (Å²) in [6.07, 6.45) is 0. The summed E-state index contributed by atoms with van der Waals surface area (Å²) in [5, 5.41) is 0.950. The molecule has 0 fully saturated rings. The quantitative estimate of drug-likeness (QED) is 0.807. The highest BCUT2D eigenvalue weighted by molar-refractivity contribution is 5.98. The van der Waals surface area contributed by atoms with Crippen molar-refractivity contribution in [2.75, 3.05) is 32.5 Å². The number of hydrogen-bond acceptors (Lipinski definition) is 3. The van der Waals surface area contributed by atoms with Crippen LogP contribution in [0.15, 0.2) is 24.3 Å². The van der Waals surface area contributed by atoms with Crippen LogP contribution in [-0.2, 0) is 4.74 Å². The predicted octanol–water partition coefficient (Wildman–Crippen LogP) is 1.86. The van der Waals surface area contributed by atoms with Gasteiger partial charge in [-0.3, -0.25) is 4.79 Å². The molecule has 0 saturated carbocycles. The maximum absolute atomic E-state index is 12.3. The number of aromatic amines is 1. The average molecular weight is 261 g/mol. The number of benzene rings is 1. The van der Waals surface area contributed by atoms with Crippen molar-refractivity contribution in [2.45, 2.75) is 6.92 Å². The Morgan fingerprint density at radius 3 is 2.89 bits per heavy atom. The third kappa shape index (κ3) is 2.88. The van der Waals surface area contributed by atoms with Crippen molar-refractivity contribution in [1.29, 1.82) is 0 Å². The molecule has 0 bridgehead atoms. The third-order valence-electron chi connectivity index (χ3n) is 3.11. The molecule has 3 N–H and O–H groups in total. The maximum Gasteiger partial charge on any atom is 0.270 e. The van der Waals surface area contributed by atoms with Crippen LogP contribution in [0, 0.1) is 0 Å². The number of H-pyrrole nitrogens is 1. The lowest BCUT2D eigenvalue weighted by atomic mass is 10.2. The second-order valence-electron chi connectivity index (χ2n) is 4.41. The first-order valence-electron chi connectivity index (χ1n) is 6.32. The number of nitrogens with one attached hydrogen (secondary N) is 1. The number of rotatable bonds is 5. The number of aromatic nitrogens is 1. The molecular formula is C14H19N3O2. The maximum atomic E-state index is 12.3.